The molecule has 0 atom stereocenters. The van der Waals surface area contributed by atoms with Gasteiger partial charge in [-0.05, 0) is 25.0 Å². The van der Waals surface area contributed by atoms with Crippen LogP contribution in [0, 0.1) is 0 Å². The third-order valence-electron chi connectivity index (χ3n) is 4.33. The Morgan fingerprint density at radius 2 is 2.04 bits per heavy atom. The highest BCUT2D eigenvalue weighted by atomic mass is 16.1. The second kappa shape index (κ2) is 5.90. The van der Waals surface area contributed by atoms with E-state index in [1.165, 1.54) is 0 Å². The van der Waals surface area contributed by atoms with Crippen LogP contribution >= 0.6 is 0 Å². The number of amides is 1. The number of hydrogen-bond donors (Lipinski definition) is 2. The molecular formula is C19H17N5O. The number of para-hydroxylation sites is 1. The van der Waals surface area contributed by atoms with Gasteiger partial charge in [0.2, 0.25) is 0 Å². The summed E-state index contributed by atoms with van der Waals surface area (Å²) in [5, 5.41) is 1.03. The Kier molecular flexibility index (Phi) is 3.57. The van der Waals surface area contributed by atoms with Crippen molar-refractivity contribution in [2.45, 2.75) is 12.8 Å². The van der Waals surface area contributed by atoms with Gasteiger partial charge in [-0.25, -0.2) is 0 Å². The van der Waals surface area contributed by atoms with Crippen molar-refractivity contribution < 1.29 is 4.79 Å². The number of benzene rings is 1. The number of nitrogens with two attached hydrogens (primary N) is 2. The minimum atomic E-state index is -0.431. The molecule has 1 amide bonds. The number of carbonyl (C=O) groups excluding carboxylic acids is 1. The van der Waals surface area contributed by atoms with E-state index in [1.54, 1.807) is 6.20 Å². The standard InChI is InChI=1S/C19H17N5O/c20-19(21)23-18(25)14-11-24(16-8-4-2-5-12(14)16)17-9-10-22-15-7-3-1-6-13(15)17/h1-3,5-7,9-11H,4,8H2,(H4,20,21,23,25). The number of hydrogen-bond acceptors (Lipinski definition) is 2. The van der Waals surface area contributed by atoms with Gasteiger partial charge in [-0.15, -0.1) is 0 Å². The zero-order valence-electron chi connectivity index (χ0n) is 13.5. The number of rotatable bonds is 2. The lowest BCUT2D eigenvalue weighted by Crippen LogP contribution is -2.24. The largest absolute Gasteiger partial charge is 0.370 e. The van der Waals surface area contributed by atoms with Crippen LogP contribution in [-0.2, 0) is 6.42 Å². The van der Waals surface area contributed by atoms with Gasteiger partial charge < -0.3 is 16.0 Å². The van der Waals surface area contributed by atoms with Gasteiger partial charge in [-0.2, -0.15) is 4.99 Å². The highest BCUT2D eigenvalue weighted by Gasteiger charge is 2.22. The molecule has 4 rings (SSSR count). The first-order valence-corrected chi connectivity index (χ1v) is 8.04. The molecule has 6 heteroatoms. The van der Waals surface area contributed by atoms with Gasteiger partial charge in [-0.3, -0.25) is 9.78 Å². The molecule has 1 aliphatic carbocycles. The fourth-order valence-corrected chi connectivity index (χ4v) is 3.28. The van der Waals surface area contributed by atoms with E-state index in [-0.39, 0.29) is 5.96 Å². The van der Waals surface area contributed by atoms with Gasteiger partial charge in [0.15, 0.2) is 5.96 Å². The summed E-state index contributed by atoms with van der Waals surface area (Å²) in [5.74, 6) is -0.666. The highest BCUT2D eigenvalue weighted by Crippen LogP contribution is 2.31. The molecule has 0 aliphatic heterocycles. The topological polar surface area (TPSA) is 99.3 Å². The molecule has 6 nitrogen and oxygen atoms in total. The Balaban J connectivity index is 1.97. The molecule has 0 fully saturated rings. The zero-order valence-corrected chi connectivity index (χ0v) is 13.5. The Labute approximate surface area is 144 Å². The molecule has 1 aliphatic rings. The van der Waals surface area contributed by atoms with Crippen LogP contribution < -0.4 is 11.5 Å². The van der Waals surface area contributed by atoms with Gasteiger partial charge in [0.05, 0.1) is 16.8 Å². The number of fused-ring (bicyclic) bond motifs is 2. The van der Waals surface area contributed by atoms with E-state index < -0.39 is 5.91 Å². The lowest BCUT2D eigenvalue weighted by atomic mass is 10.0. The summed E-state index contributed by atoms with van der Waals surface area (Å²) in [4.78, 5) is 20.5. The van der Waals surface area contributed by atoms with Crippen LogP contribution in [0.2, 0.25) is 0 Å². The maximum Gasteiger partial charge on any atom is 0.282 e. The van der Waals surface area contributed by atoms with E-state index in [0.717, 1.165) is 40.7 Å². The Hall–Kier alpha value is -3.41. The summed E-state index contributed by atoms with van der Waals surface area (Å²) in [6.07, 6.45) is 9.39. The predicted molar refractivity (Wildman–Crippen MR) is 98.6 cm³/mol. The molecule has 2 heterocycles. The third-order valence-corrected chi connectivity index (χ3v) is 4.33. The third kappa shape index (κ3) is 2.57. The molecule has 0 bridgehead atoms. The van der Waals surface area contributed by atoms with Crippen molar-refractivity contribution in [1.29, 1.82) is 0 Å². The fourth-order valence-electron chi connectivity index (χ4n) is 3.28. The molecule has 0 unspecified atom stereocenters. The lowest BCUT2D eigenvalue weighted by Gasteiger charge is -2.14. The Bertz CT molecular complexity index is 1040. The number of nitrogens with zero attached hydrogens (tertiary/aromatic N) is 3. The summed E-state index contributed by atoms with van der Waals surface area (Å²) in [5.41, 5.74) is 15.1. The number of guanidine groups is 1. The second-order valence-electron chi connectivity index (χ2n) is 5.90. The summed E-state index contributed by atoms with van der Waals surface area (Å²) in [6.45, 7) is 0. The summed E-state index contributed by atoms with van der Waals surface area (Å²) >= 11 is 0. The van der Waals surface area contributed by atoms with Crippen molar-refractivity contribution in [2.24, 2.45) is 16.5 Å². The number of pyridine rings is 1. The average molecular weight is 331 g/mol. The second-order valence-corrected chi connectivity index (χ2v) is 5.90. The minimum absolute atomic E-state index is 0.236. The average Bonchev–Trinajstić information content (AvgIpc) is 3.00. The zero-order chi connectivity index (χ0) is 17.4. The van der Waals surface area contributed by atoms with Gasteiger partial charge in [-0.1, -0.05) is 30.4 Å². The number of aromatic nitrogens is 2. The van der Waals surface area contributed by atoms with E-state index in [2.05, 4.69) is 20.6 Å². The summed E-state index contributed by atoms with van der Waals surface area (Å²) in [7, 11) is 0. The monoisotopic (exact) mass is 331 g/mol. The van der Waals surface area contributed by atoms with Crippen molar-refractivity contribution in [2.75, 3.05) is 0 Å². The quantitative estimate of drug-likeness (QED) is 0.556. The van der Waals surface area contributed by atoms with Crippen LogP contribution in [0.5, 0.6) is 0 Å². The Morgan fingerprint density at radius 3 is 2.88 bits per heavy atom. The summed E-state index contributed by atoms with van der Waals surface area (Å²) in [6, 6.07) is 9.89. The molecule has 124 valence electrons. The molecule has 0 radical (unpaired) electrons. The Morgan fingerprint density at radius 1 is 1.20 bits per heavy atom. The van der Waals surface area contributed by atoms with E-state index >= 15 is 0 Å². The van der Waals surface area contributed by atoms with Crippen LogP contribution in [0.4, 0.5) is 0 Å². The molecule has 3 aromatic rings. The minimum Gasteiger partial charge on any atom is -0.370 e. The molecule has 0 saturated heterocycles. The first-order valence-electron chi connectivity index (χ1n) is 8.04. The maximum atomic E-state index is 12.4. The number of allylic oxidation sites excluding steroid dienone is 1. The van der Waals surface area contributed by atoms with Crippen LogP contribution in [0.3, 0.4) is 0 Å². The molecule has 0 saturated carbocycles. The SMILES string of the molecule is NC(N)=NC(=O)c1cn(-c2ccnc3ccccc23)c2c1C=CCC2. The van der Waals surface area contributed by atoms with Crippen molar-refractivity contribution in [3.63, 3.8) is 0 Å². The van der Waals surface area contributed by atoms with Gasteiger partial charge in [0, 0.05) is 29.0 Å². The van der Waals surface area contributed by atoms with Crippen LogP contribution in [0.15, 0.2) is 53.8 Å². The normalized spacial score (nSPS) is 12.8. The molecule has 25 heavy (non-hydrogen) atoms. The first kappa shape index (κ1) is 15.1. The maximum absolute atomic E-state index is 12.4. The van der Waals surface area contributed by atoms with E-state index in [9.17, 15) is 4.79 Å². The summed E-state index contributed by atoms with van der Waals surface area (Å²) < 4.78 is 2.05. The van der Waals surface area contributed by atoms with Crippen LogP contribution in [0.25, 0.3) is 22.7 Å². The van der Waals surface area contributed by atoms with Crippen molar-refractivity contribution in [3.8, 4) is 5.69 Å². The van der Waals surface area contributed by atoms with Crippen molar-refractivity contribution in [3.05, 3.63) is 65.6 Å². The highest BCUT2D eigenvalue weighted by molar-refractivity contribution is 6.05. The number of aliphatic imine (C=N–C) groups is 1. The van der Waals surface area contributed by atoms with E-state index in [1.807, 2.05) is 42.6 Å². The molecule has 0 spiro atoms. The van der Waals surface area contributed by atoms with Gasteiger partial charge in [0.1, 0.15) is 0 Å². The van der Waals surface area contributed by atoms with Crippen LogP contribution in [0.1, 0.15) is 28.0 Å². The van der Waals surface area contributed by atoms with E-state index in [4.69, 9.17) is 11.5 Å². The molecule has 2 aromatic heterocycles. The van der Waals surface area contributed by atoms with Gasteiger partial charge >= 0.3 is 0 Å². The fraction of sp³-hybridized carbons (Fsp3) is 0.105. The molecular weight excluding hydrogens is 314 g/mol. The molecule has 4 N–H and O–H groups in total. The van der Waals surface area contributed by atoms with Crippen LogP contribution in [-0.4, -0.2) is 21.4 Å². The van der Waals surface area contributed by atoms with Crippen molar-refractivity contribution in [1.82, 2.24) is 9.55 Å². The lowest BCUT2D eigenvalue weighted by molar-refractivity contribution is 0.100. The first-order chi connectivity index (χ1) is 12.1. The number of carbonyl (C=O) groups is 1. The smallest absolute Gasteiger partial charge is 0.282 e. The van der Waals surface area contributed by atoms with Gasteiger partial charge in [0.25, 0.3) is 5.91 Å². The van der Waals surface area contributed by atoms with Crippen molar-refractivity contribution >= 4 is 28.8 Å². The predicted octanol–water partition coefficient (Wildman–Crippen LogP) is 2.40. The molecule has 1 aromatic carbocycles. The van der Waals surface area contributed by atoms with E-state index in [0.29, 0.717) is 5.56 Å².